The van der Waals surface area contributed by atoms with E-state index in [4.69, 9.17) is 10.9 Å². The van der Waals surface area contributed by atoms with Crippen LogP contribution in [0.5, 0.6) is 0 Å². The van der Waals surface area contributed by atoms with Gasteiger partial charge in [0.25, 0.3) is 0 Å². The van der Waals surface area contributed by atoms with Gasteiger partial charge < -0.3 is 10.9 Å². The molecular formula is C8H12N4OS. The number of oxime groups is 1. The van der Waals surface area contributed by atoms with Gasteiger partial charge in [0.1, 0.15) is 0 Å². The molecule has 0 fully saturated rings. The Balaban J connectivity index is 2.69. The SMILES string of the molecule is Cc1ccnc(SC(C)/C(N)=N/O)n1. The van der Waals surface area contributed by atoms with Crippen LogP contribution in [0.3, 0.4) is 0 Å². The minimum Gasteiger partial charge on any atom is -0.409 e. The Kier molecular flexibility index (Phi) is 3.70. The Morgan fingerprint density at radius 2 is 2.43 bits per heavy atom. The van der Waals surface area contributed by atoms with E-state index in [1.807, 2.05) is 19.9 Å². The molecule has 0 radical (unpaired) electrons. The van der Waals surface area contributed by atoms with E-state index in [9.17, 15) is 0 Å². The fourth-order valence-corrected chi connectivity index (χ4v) is 1.58. The number of aromatic nitrogens is 2. The second kappa shape index (κ2) is 4.80. The first-order chi connectivity index (χ1) is 6.63. The molecule has 1 unspecified atom stereocenters. The van der Waals surface area contributed by atoms with Gasteiger partial charge in [-0.3, -0.25) is 0 Å². The minimum absolute atomic E-state index is 0.137. The minimum atomic E-state index is -0.137. The van der Waals surface area contributed by atoms with Gasteiger partial charge in [-0.1, -0.05) is 16.9 Å². The normalized spacial score (nSPS) is 14.0. The van der Waals surface area contributed by atoms with Gasteiger partial charge in [0.2, 0.25) is 0 Å². The van der Waals surface area contributed by atoms with E-state index in [0.717, 1.165) is 5.69 Å². The topological polar surface area (TPSA) is 84.4 Å². The first-order valence-electron chi connectivity index (χ1n) is 4.07. The van der Waals surface area contributed by atoms with E-state index in [2.05, 4.69) is 15.1 Å². The smallest absolute Gasteiger partial charge is 0.188 e. The van der Waals surface area contributed by atoms with E-state index >= 15 is 0 Å². The van der Waals surface area contributed by atoms with Crippen LogP contribution < -0.4 is 5.73 Å². The van der Waals surface area contributed by atoms with Crippen LogP contribution in [-0.4, -0.2) is 26.3 Å². The predicted octanol–water partition coefficient (Wildman–Crippen LogP) is 1.01. The molecule has 0 aliphatic carbocycles. The molecule has 76 valence electrons. The van der Waals surface area contributed by atoms with Crippen LogP contribution in [-0.2, 0) is 0 Å². The molecule has 1 rings (SSSR count). The van der Waals surface area contributed by atoms with Crippen molar-refractivity contribution in [1.29, 1.82) is 0 Å². The summed E-state index contributed by atoms with van der Waals surface area (Å²) in [7, 11) is 0. The molecule has 14 heavy (non-hydrogen) atoms. The van der Waals surface area contributed by atoms with Crippen molar-refractivity contribution in [2.75, 3.05) is 0 Å². The maximum Gasteiger partial charge on any atom is 0.188 e. The number of nitrogens with two attached hydrogens (primary N) is 1. The number of aryl methyl sites for hydroxylation is 1. The Labute approximate surface area is 86.4 Å². The zero-order valence-electron chi connectivity index (χ0n) is 8.01. The summed E-state index contributed by atoms with van der Waals surface area (Å²) in [5, 5.41) is 11.9. The second-order valence-corrected chi connectivity index (χ2v) is 4.07. The highest BCUT2D eigenvalue weighted by molar-refractivity contribution is 8.00. The summed E-state index contributed by atoms with van der Waals surface area (Å²) in [5.41, 5.74) is 6.32. The molecule has 0 saturated heterocycles. The summed E-state index contributed by atoms with van der Waals surface area (Å²) in [4.78, 5) is 8.25. The van der Waals surface area contributed by atoms with Crippen LogP contribution in [0.15, 0.2) is 22.6 Å². The van der Waals surface area contributed by atoms with Crippen LogP contribution in [0.25, 0.3) is 0 Å². The lowest BCUT2D eigenvalue weighted by atomic mass is 10.4. The molecule has 0 aromatic carbocycles. The van der Waals surface area contributed by atoms with Crippen LogP contribution >= 0.6 is 11.8 Å². The first-order valence-corrected chi connectivity index (χ1v) is 4.95. The van der Waals surface area contributed by atoms with Crippen molar-refractivity contribution < 1.29 is 5.21 Å². The first kappa shape index (κ1) is 10.8. The molecule has 0 amide bonds. The zero-order valence-corrected chi connectivity index (χ0v) is 8.82. The van der Waals surface area contributed by atoms with Gasteiger partial charge in [-0.15, -0.1) is 0 Å². The molecule has 3 N–H and O–H groups in total. The Bertz CT molecular complexity index is 342. The van der Waals surface area contributed by atoms with Crippen molar-refractivity contribution in [3.63, 3.8) is 0 Å². The molecule has 0 saturated carbocycles. The summed E-state index contributed by atoms with van der Waals surface area (Å²) in [6.45, 7) is 3.71. The van der Waals surface area contributed by atoms with Gasteiger partial charge in [0, 0.05) is 11.9 Å². The molecule has 1 aromatic rings. The van der Waals surface area contributed by atoms with E-state index in [1.165, 1.54) is 11.8 Å². The third kappa shape index (κ3) is 2.88. The number of rotatable bonds is 3. The number of hydrogen-bond donors (Lipinski definition) is 2. The van der Waals surface area contributed by atoms with Crippen molar-refractivity contribution in [1.82, 2.24) is 9.97 Å². The fourth-order valence-electron chi connectivity index (χ4n) is 0.782. The lowest BCUT2D eigenvalue weighted by molar-refractivity contribution is 0.317. The summed E-state index contributed by atoms with van der Waals surface area (Å²) in [5.74, 6) is 0.167. The molecule has 0 spiro atoms. The van der Waals surface area contributed by atoms with Crippen molar-refractivity contribution >= 4 is 17.6 Å². The van der Waals surface area contributed by atoms with Gasteiger partial charge in [0.15, 0.2) is 11.0 Å². The molecule has 0 aliphatic heterocycles. The summed E-state index contributed by atoms with van der Waals surface area (Å²) in [6, 6.07) is 1.82. The highest BCUT2D eigenvalue weighted by atomic mass is 32.2. The molecule has 5 nitrogen and oxygen atoms in total. The van der Waals surface area contributed by atoms with E-state index < -0.39 is 0 Å². The van der Waals surface area contributed by atoms with Crippen molar-refractivity contribution in [2.24, 2.45) is 10.9 Å². The van der Waals surface area contributed by atoms with Gasteiger partial charge in [-0.2, -0.15) is 0 Å². The monoisotopic (exact) mass is 212 g/mol. The summed E-state index contributed by atoms with van der Waals surface area (Å²) >= 11 is 1.35. The largest absolute Gasteiger partial charge is 0.409 e. The number of thioether (sulfide) groups is 1. The van der Waals surface area contributed by atoms with Gasteiger partial charge in [-0.25, -0.2) is 9.97 Å². The van der Waals surface area contributed by atoms with Crippen LogP contribution in [0.2, 0.25) is 0 Å². The van der Waals surface area contributed by atoms with Crippen LogP contribution in [0.4, 0.5) is 0 Å². The Hall–Kier alpha value is -1.30. The summed E-state index contributed by atoms with van der Waals surface area (Å²) < 4.78 is 0. The van der Waals surface area contributed by atoms with Gasteiger partial charge in [-0.05, 0) is 19.9 Å². The second-order valence-electron chi connectivity index (χ2n) is 2.77. The van der Waals surface area contributed by atoms with Gasteiger partial charge >= 0.3 is 0 Å². The van der Waals surface area contributed by atoms with Crippen molar-refractivity contribution in [3.05, 3.63) is 18.0 Å². The van der Waals surface area contributed by atoms with E-state index in [-0.39, 0.29) is 11.1 Å². The maximum absolute atomic E-state index is 8.45. The third-order valence-corrected chi connectivity index (χ3v) is 2.59. The highest BCUT2D eigenvalue weighted by Crippen LogP contribution is 2.18. The quantitative estimate of drug-likeness (QED) is 0.195. The average molecular weight is 212 g/mol. The molecular weight excluding hydrogens is 200 g/mol. The molecule has 0 aliphatic rings. The Morgan fingerprint density at radius 3 is 3.00 bits per heavy atom. The molecule has 1 atom stereocenters. The number of amidine groups is 1. The lowest BCUT2D eigenvalue weighted by Gasteiger charge is -2.07. The van der Waals surface area contributed by atoms with Crippen molar-refractivity contribution in [3.8, 4) is 0 Å². The van der Waals surface area contributed by atoms with E-state index in [1.54, 1.807) is 6.20 Å². The third-order valence-electron chi connectivity index (χ3n) is 1.59. The number of nitrogens with zero attached hydrogens (tertiary/aromatic N) is 3. The molecule has 1 heterocycles. The molecule has 6 heteroatoms. The standard InChI is InChI=1S/C8H12N4OS/c1-5-3-4-10-8(11-5)14-6(2)7(9)12-13/h3-4,6,13H,1-2H3,(H2,9,12). The number of hydrogen-bond acceptors (Lipinski definition) is 5. The Morgan fingerprint density at radius 1 is 1.71 bits per heavy atom. The van der Waals surface area contributed by atoms with E-state index in [0.29, 0.717) is 5.16 Å². The predicted molar refractivity (Wildman–Crippen MR) is 55.5 cm³/mol. The van der Waals surface area contributed by atoms with Gasteiger partial charge in [0.05, 0.1) is 5.25 Å². The lowest BCUT2D eigenvalue weighted by Crippen LogP contribution is -2.23. The fraction of sp³-hybridized carbons (Fsp3) is 0.375. The van der Waals surface area contributed by atoms with Crippen LogP contribution in [0.1, 0.15) is 12.6 Å². The van der Waals surface area contributed by atoms with Crippen molar-refractivity contribution in [2.45, 2.75) is 24.3 Å². The zero-order chi connectivity index (χ0) is 10.6. The summed E-state index contributed by atoms with van der Waals surface area (Å²) in [6.07, 6.45) is 1.68. The molecule has 0 bridgehead atoms. The maximum atomic E-state index is 8.45. The highest BCUT2D eigenvalue weighted by Gasteiger charge is 2.10. The van der Waals surface area contributed by atoms with Crippen LogP contribution in [0, 0.1) is 6.92 Å². The molecule has 1 aromatic heterocycles. The average Bonchev–Trinajstić information content (AvgIpc) is 2.16.